The Balaban J connectivity index is 1.83. The SMILES string of the molecule is CCOc1ccc(N(CC(=O)N/N=C\c2cccc([N+](=O)[O-])c2)S(=O)(=O)c2ccc(Cl)cc2)cc1. The molecule has 0 bridgehead atoms. The van der Waals surface area contributed by atoms with Gasteiger partial charge in [0.25, 0.3) is 21.6 Å². The van der Waals surface area contributed by atoms with Gasteiger partial charge in [0.2, 0.25) is 0 Å². The fourth-order valence-corrected chi connectivity index (χ4v) is 4.53. The van der Waals surface area contributed by atoms with E-state index in [9.17, 15) is 23.3 Å². The number of hydrazone groups is 1. The van der Waals surface area contributed by atoms with Crippen molar-refractivity contribution in [3.63, 3.8) is 0 Å². The van der Waals surface area contributed by atoms with Crippen molar-refractivity contribution in [2.75, 3.05) is 17.5 Å². The van der Waals surface area contributed by atoms with Crippen molar-refractivity contribution in [2.45, 2.75) is 11.8 Å². The van der Waals surface area contributed by atoms with Gasteiger partial charge in [-0.3, -0.25) is 19.2 Å². The van der Waals surface area contributed by atoms with E-state index in [4.69, 9.17) is 16.3 Å². The summed E-state index contributed by atoms with van der Waals surface area (Å²) >= 11 is 5.88. The van der Waals surface area contributed by atoms with Gasteiger partial charge in [-0.15, -0.1) is 0 Å². The number of nitrogens with one attached hydrogen (secondary N) is 1. The predicted molar refractivity (Wildman–Crippen MR) is 132 cm³/mol. The van der Waals surface area contributed by atoms with Crippen LogP contribution in [0.2, 0.25) is 5.02 Å². The highest BCUT2D eigenvalue weighted by atomic mass is 35.5. The number of rotatable bonds is 10. The Bertz CT molecular complexity index is 1330. The summed E-state index contributed by atoms with van der Waals surface area (Å²) in [5, 5.41) is 15.0. The Morgan fingerprint density at radius 1 is 1.14 bits per heavy atom. The topological polar surface area (TPSA) is 131 Å². The van der Waals surface area contributed by atoms with Gasteiger partial charge in [0.15, 0.2) is 0 Å². The van der Waals surface area contributed by atoms with Crippen LogP contribution in [0.15, 0.2) is 82.8 Å². The fourth-order valence-electron chi connectivity index (χ4n) is 2.99. The summed E-state index contributed by atoms with van der Waals surface area (Å²) in [5.74, 6) is -0.177. The number of nitro benzene ring substituents is 1. The third kappa shape index (κ3) is 6.78. The smallest absolute Gasteiger partial charge is 0.270 e. The minimum absolute atomic E-state index is 0.0521. The molecule has 10 nitrogen and oxygen atoms in total. The second-order valence-corrected chi connectivity index (χ2v) is 9.34. The van der Waals surface area contributed by atoms with E-state index in [-0.39, 0.29) is 16.3 Å². The molecule has 0 heterocycles. The van der Waals surface area contributed by atoms with Crippen LogP contribution in [0, 0.1) is 10.1 Å². The molecular weight excluding hydrogens is 496 g/mol. The Hall–Kier alpha value is -3.96. The van der Waals surface area contributed by atoms with E-state index in [1.807, 2.05) is 6.92 Å². The zero-order valence-corrected chi connectivity index (χ0v) is 20.1. The van der Waals surface area contributed by atoms with Gasteiger partial charge in [-0.2, -0.15) is 5.10 Å². The molecule has 0 aliphatic rings. The first-order valence-corrected chi connectivity index (χ1v) is 12.1. The number of hydrogen-bond donors (Lipinski definition) is 1. The maximum Gasteiger partial charge on any atom is 0.270 e. The quantitative estimate of drug-likeness (QED) is 0.246. The lowest BCUT2D eigenvalue weighted by atomic mass is 10.2. The van der Waals surface area contributed by atoms with E-state index in [2.05, 4.69) is 10.5 Å². The van der Waals surface area contributed by atoms with Gasteiger partial charge in [-0.25, -0.2) is 13.8 Å². The van der Waals surface area contributed by atoms with Crippen LogP contribution in [0.4, 0.5) is 11.4 Å². The van der Waals surface area contributed by atoms with Crippen LogP contribution in [0.1, 0.15) is 12.5 Å². The highest BCUT2D eigenvalue weighted by molar-refractivity contribution is 7.92. The van der Waals surface area contributed by atoms with E-state index >= 15 is 0 Å². The highest BCUT2D eigenvalue weighted by Crippen LogP contribution is 2.26. The number of carbonyl (C=O) groups is 1. The Morgan fingerprint density at radius 2 is 1.83 bits per heavy atom. The molecule has 35 heavy (non-hydrogen) atoms. The summed E-state index contributed by atoms with van der Waals surface area (Å²) in [4.78, 5) is 22.9. The molecule has 3 aromatic rings. The molecule has 0 spiro atoms. The van der Waals surface area contributed by atoms with Crippen molar-refractivity contribution in [2.24, 2.45) is 5.10 Å². The van der Waals surface area contributed by atoms with E-state index in [0.717, 1.165) is 4.31 Å². The zero-order valence-electron chi connectivity index (χ0n) is 18.5. The molecule has 3 aromatic carbocycles. The molecule has 0 saturated heterocycles. The number of anilines is 1. The summed E-state index contributed by atoms with van der Waals surface area (Å²) in [6.45, 7) is 1.69. The van der Waals surface area contributed by atoms with Crippen LogP contribution in [0.5, 0.6) is 5.75 Å². The molecule has 3 rings (SSSR count). The number of hydrogen-bond acceptors (Lipinski definition) is 7. The average Bonchev–Trinajstić information content (AvgIpc) is 2.84. The molecule has 0 radical (unpaired) electrons. The van der Waals surface area contributed by atoms with Crippen LogP contribution in [-0.4, -0.2) is 38.6 Å². The second-order valence-electron chi connectivity index (χ2n) is 7.04. The first-order valence-electron chi connectivity index (χ1n) is 10.3. The largest absolute Gasteiger partial charge is 0.494 e. The first-order chi connectivity index (χ1) is 16.7. The van der Waals surface area contributed by atoms with Gasteiger partial charge >= 0.3 is 0 Å². The lowest BCUT2D eigenvalue weighted by Crippen LogP contribution is -2.39. The number of benzene rings is 3. The monoisotopic (exact) mass is 516 g/mol. The van der Waals surface area contributed by atoms with Crippen LogP contribution >= 0.6 is 11.6 Å². The maximum absolute atomic E-state index is 13.4. The van der Waals surface area contributed by atoms with Gasteiger partial charge in [-0.1, -0.05) is 23.7 Å². The fraction of sp³-hybridized carbons (Fsp3) is 0.130. The number of ether oxygens (including phenoxy) is 1. The molecule has 0 aliphatic carbocycles. The van der Waals surface area contributed by atoms with Crippen LogP contribution in [0.25, 0.3) is 0 Å². The third-order valence-electron chi connectivity index (χ3n) is 4.61. The number of halogens is 1. The Morgan fingerprint density at radius 3 is 2.46 bits per heavy atom. The van der Waals surface area contributed by atoms with Crippen molar-refractivity contribution in [3.05, 3.63) is 93.5 Å². The van der Waals surface area contributed by atoms with Crippen molar-refractivity contribution in [3.8, 4) is 5.75 Å². The van der Waals surface area contributed by atoms with Crippen molar-refractivity contribution in [1.29, 1.82) is 0 Å². The zero-order chi connectivity index (χ0) is 25.4. The van der Waals surface area contributed by atoms with Gasteiger partial charge in [0.05, 0.1) is 28.3 Å². The van der Waals surface area contributed by atoms with Crippen LogP contribution in [0.3, 0.4) is 0 Å². The Labute approximate surface area is 207 Å². The summed E-state index contributed by atoms with van der Waals surface area (Å²) < 4.78 is 33.0. The molecule has 0 aromatic heterocycles. The predicted octanol–water partition coefficient (Wildman–Crippen LogP) is 3.99. The maximum atomic E-state index is 13.4. The number of sulfonamides is 1. The molecule has 182 valence electrons. The molecule has 12 heteroatoms. The van der Waals surface area contributed by atoms with E-state index in [1.54, 1.807) is 18.2 Å². The molecule has 0 atom stereocenters. The summed E-state index contributed by atoms with van der Waals surface area (Å²) in [7, 11) is -4.14. The molecule has 1 N–H and O–H groups in total. The number of carbonyl (C=O) groups excluding carboxylic acids is 1. The number of non-ortho nitro benzene ring substituents is 1. The molecule has 1 amide bonds. The molecule has 0 fully saturated rings. The molecular formula is C23H21ClN4O6S. The molecule has 0 aliphatic heterocycles. The van der Waals surface area contributed by atoms with Crippen molar-refractivity contribution in [1.82, 2.24) is 5.43 Å². The normalized spacial score (nSPS) is 11.3. The van der Waals surface area contributed by atoms with E-state index in [0.29, 0.717) is 22.9 Å². The van der Waals surface area contributed by atoms with Crippen molar-refractivity contribution >= 4 is 45.1 Å². The number of amides is 1. The lowest BCUT2D eigenvalue weighted by Gasteiger charge is -2.24. The Kier molecular flexibility index (Phi) is 8.39. The average molecular weight is 517 g/mol. The third-order valence-corrected chi connectivity index (χ3v) is 6.65. The van der Waals surface area contributed by atoms with Gasteiger partial charge in [-0.05, 0) is 55.5 Å². The molecule has 0 saturated carbocycles. The first kappa shape index (κ1) is 25.7. The summed E-state index contributed by atoms with van der Waals surface area (Å²) in [6.07, 6.45) is 1.22. The van der Waals surface area contributed by atoms with Crippen molar-refractivity contribution < 1.29 is 22.9 Å². The van der Waals surface area contributed by atoms with E-state index in [1.165, 1.54) is 60.8 Å². The minimum Gasteiger partial charge on any atom is -0.494 e. The van der Waals surface area contributed by atoms with Crippen LogP contribution in [-0.2, 0) is 14.8 Å². The van der Waals surface area contributed by atoms with Gasteiger partial charge < -0.3 is 4.74 Å². The summed E-state index contributed by atoms with van der Waals surface area (Å²) in [6, 6.07) is 17.5. The minimum atomic E-state index is -4.14. The van der Waals surface area contributed by atoms with Crippen LogP contribution < -0.4 is 14.5 Å². The van der Waals surface area contributed by atoms with Gasteiger partial charge in [0, 0.05) is 22.7 Å². The highest BCUT2D eigenvalue weighted by Gasteiger charge is 2.27. The standard InChI is InChI=1S/C23H21ClN4O6S/c1-2-34-21-10-8-19(9-11-21)27(35(32,33)22-12-6-18(24)7-13-22)16-23(29)26-25-15-17-4-3-5-20(14-17)28(30)31/h3-15H,2,16H2,1H3,(H,26,29)/b25-15-. The summed E-state index contributed by atoms with van der Waals surface area (Å²) in [5.41, 5.74) is 2.75. The molecule has 0 unspecified atom stereocenters. The van der Waals surface area contributed by atoms with Gasteiger partial charge in [0.1, 0.15) is 12.3 Å². The number of nitrogens with zero attached hydrogens (tertiary/aromatic N) is 3. The van der Waals surface area contributed by atoms with E-state index < -0.39 is 27.4 Å². The lowest BCUT2D eigenvalue weighted by molar-refractivity contribution is -0.384. The number of nitro groups is 1. The second kappa shape index (κ2) is 11.4.